The molecule has 0 heterocycles. The Kier molecular flexibility index (Phi) is 16.5. The zero-order chi connectivity index (χ0) is 34.2. The largest absolute Gasteiger partial charge is 0.475 e. The van der Waals surface area contributed by atoms with E-state index in [0.717, 1.165) is 30.4 Å². The summed E-state index contributed by atoms with van der Waals surface area (Å²) in [5.74, 6) is -3.00. The normalized spacial score (nSPS) is 13.7. The van der Waals surface area contributed by atoms with Crippen LogP contribution in [0.4, 0.5) is 0 Å². The Balaban J connectivity index is 2.07. The fraction of sp³-hybridized carbons (Fsp3) is 0.529. The Hall–Kier alpha value is -3.74. The van der Waals surface area contributed by atoms with Gasteiger partial charge in [0, 0.05) is 5.56 Å². The molecule has 2 aromatic rings. The van der Waals surface area contributed by atoms with E-state index in [1.807, 2.05) is 26.0 Å². The maximum atomic E-state index is 13.3. The summed E-state index contributed by atoms with van der Waals surface area (Å²) in [5, 5.41) is 29.2. The molecular weight excluding hydrogens is 585 g/mol. The molecule has 0 aliphatic heterocycles. The lowest BCUT2D eigenvalue weighted by molar-refractivity contribution is -0.132. The third kappa shape index (κ3) is 12.9. The molecule has 8 N–H and O–H groups in total. The molecule has 4 amide bonds. The molecule has 4 atom stereocenters. The Bertz CT molecular complexity index is 1260. The van der Waals surface area contributed by atoms with Crippen molar-refractivity contribution in [3.63, 3.8) is 0 Å². The molecule has 2 rings (SSSR count). The van der Waals surface area contributed by atoms with Gasteiger partial charge in [0.25, 0.3) is 5.91 Å². The minimum atomic E-state index is -1.76. The summed E-state index contributed by atoms with van der Waals surface area (Å²) in [7, 11) is -1.76. The lowest BCUT2D eigenvalue weighted by Gasteiger charge is -2.25. The number of hydrogen-bond donors (Lipinski definition) is 7. The first-order valence-electron chi connectivity index (χ1n) is 16.3. The van der Waals surface area contributed by atoms with Crippen LogP contribution >= 0.6 is 0 Å². The van der Waals surface area contributed by atoms with E-state index >= 15 is 0 Å². The van der Waals surface area contributed by atoms with Gasteiger partial charge in [0.15, 0.2) is 0 Å². The van der Waals surface area contributed by atoms with Gasteiger partial charge < -0.3 is 37.0 Å². The maximum absolute atomic E-state index is 13.3. The van der Waals surface area contributed by atoms with E-state index in [1.165, 1.54) is 19.4 Å². The van der Waals surface area contributed by atoms with Crippen molar-refractivity contribution >= 4 is 30.7 Å². The summed E-state index contributed by atoms with van der Waals surface area (Å²) in [4.78, 5) is 52.3. The molecular formula is C34H52BN5O6. The van der Waals surface area contributed by atoms with Crippen molar-refractivity contribution in [2.75, 3.05) is 6.54 Å². The fourth-order valence-electron chi connectivity index (χ4n) is 4.84. The van der Waals surface area contributed by atoms with Gasteiger partial charge in [-0.1, -0.05) is 63.6 Å². The monoisotopic (exact) mass is 637 g/mol. The third-order valence-electron chi connectivity index (χ3n) is 7.73. The Labute approximate surface area is 273 Å². The first-order chi connectivity index (χ1) is 21.9. The molecule has 2 aromatic carbocycles. The number of hydrogen-bond acceptors (Lipinski definition) is 7. The van der Waals surface area contributed by atoms with Crippen LogP contribution in [0.1, 0.15) is 89.1 Å². The van der Waals surface area contributed by atoms with E-state index < -0.39 is 54.8 Å². The first kappa shape index (κ1) is 38.4. The van der Waals surface area contributed by atoms with E-state index in [-0.39, 0.29) is 5.92 Å². The average molecular weight is 638 g/mol. The van der Waals surface area contributed by atoms with Gasteiger partial charge in [0.05, 0.1) is 5.94 Å². The smallest absolute Gasteiger partial charge is 0.426 e. The van der Waals surface area contributed by atoms with Gasteiger partial charge in [0.1, 0.15) is 18.1 Å². The molecule has 252 valence electrons. The highest BCUT2D eigenvalue weighted by Gasteiger charge is 2.30. The van der Waals surface area contributed by atoms with Crippen LogP contribution in [0.5, 0.6) is 0 Å². The van der Waals surface area contributed by atoms with Crippen molar-refractivity contribution in [2.45, 2.75) is 104 Å². The van der Waals surface area contributed by atoms with E-state index in [9.17, 15) is 29.2 Å². The maximum Gasteiger partial charge on any atom is 0.475 e. The van der Waals surface area contributed by atoms with Crippen LogP contribution in [0.2, 0.25) is 0 Å². The molecule has 0 saturated carbocycles. The standard InChI is InChI=1S/C34H52BN5O6/c1-6-7-10-25-12-14-26(15-13-25)27-16-18-28(19-17-27)32(42)39-29(11-8-9-20-36)33(43)37-23(4)31(41)40-30(21-22(2)3)34(44)38-24(5)35(45)46/h12-19,22-24,29-30,45-46H,6-11,20-21,36H2,1-5H3,(H,37,43)(H,38,44)(H,39,42)(H,40,41)/t23-,24-,29?,30?/m0/s1. The molecule has 0 aliphatic rings. The molecule has 12 heteroatoms. The molecule has 0 fully saturated rings. The molecule has 0 aliphatic carbocycles. The highest BCUT2D eigenvalue weighted by Crippen LogP contribution is 2.21. The number of aryl methyl sites for hydroxylation is 1. The quantitative estimate of drug-likeness (QED) is 0.0912. The number of amides is 4. The Morgan fingerprint density at radius 1 is 0.739 bits per heavy atom. The second-order valence-corrected chi connectivity index (χ2v) is 12.3. The molecule has 0 radical (unpaired) electrons. The summed E-state index contributed by atoms with van der Waals surface area (Å²) in [6.07, 6.45) is 5.22. The minimum absolute atomic E-state index is 0.0441. The number of unbranched alkanes of at least 4 members (excludes halogenated alkanes) is 2. The molecule has 2 unspecified atom stereocenters. The molecule has 46 heavy (non-hydrogen) atoms. The van der Waals surface area contributed by atoms with Crippen molar-refractivity contribution in [1.82, 2.24) is 21.3 Å². The van der Waals surface area contributed by atoms with E-state index in [1.54, 1.807) is 12.1 Å². The molecule has 0 saturated heterocycles. The second kappa shape index (κ2) is 19.7. The van der Waals surface area contributed by atoms with Crippen LogP contribution in [0.15, 0.2) is 48.5 Å². The average Bonchev–Trinajstić information content (AvgIpc) is 3.02. The van der Waals surface area contributed by atoms with Crippen LogP contribution in [0.3, 0.4) is 0 Å². The van der Waals surface area contributed by atoms with E-state index in [0.29, 0.717) is 37.8 Å². The number of nitrogens with two attached hydrogens (primary N) is 1. The summed E-state index contributed by atoms with van der Waals surface area (Å²) in [6, 6.07) is 12.7. The highest BCUT2D eigenvalue weighted by atomic mass is 16.4. The lowest BCUT2D eigenvalue weighted by atomic mass is 9.81. The van der Waals surface area contributed by atoms with Crippen LogP contribution in [-0.4, -0.2) is 71.4 Å². The topological polar surface area (TPSA) is 183 Å². The zero-order valence-corrected chi connectivity index (χ0v) is 27.8. The predicted molar refractivity (Wildman–Crippen MR) is 181 cm³/mol. The Morgan fingerprint density at radius 2 is 1.33 bits per heavy atom. The van der Waals surface area contributed by atoms with Crippen molar-refractivity contribution < 1.29 is 29.2 Å². The van der Waals surface area contributed by atoms with Crippen LogP contribution in [-0.2, 0) is 20.8 Å². The van der Waals surface area contributed by atoms with Crippen molar-refractivity contribution in [1.29, 1.82) is 0 Å². The Morgan fingerprint density at radius 3 is 1.87 bits per heavy atom. The molecule has 0 aromatic heterocycles. The molecule has 0 spiro atoms. The predicted octanol–water partition coefficient (Wildman–Crippen LogP) is 2.48. The zero-order valence-electron chi connectivity index (χ0n) is 27.8. The lowest BCUT2D eigenvalue weighted by Crippen LogP contribution is -2.57. The number of carbonyl (C=O) groups excluding carboxylic acids is 4. The number of benzene rings is 2. The van der Waals surface area contributed by atoms with Crippen LogP contribution < -0.4 is 27.0 Å². The van der Waals surface area contributed by atoms with Crippen molar-refractivity contribution in [3.05, 3.63) is 59.7 Å². The highest BCUT2D eigenvalue weighted by molar-refractivity contribution is 6.43. The summed E-state index contributed by atoms with van der Waals surface area (Å²) in [5.41, 5.74) is 9.36. The number of carbonyl (C=O) groups is 4. The number of rotatable bonds is 19. The first-order valence-corrected chi connectivity index (χ1v) is 16.3. The van der Waals surface area contributed by atoms with Crippen LogP contribution in [0, 0.1) is 5.92 Å². The van der Waals surface area contributed by atoms with E-state index in [4.69, 9.17) is 5.73 Å². The van der Waals surface area contributed by atoms with Crippen LogP contribution in [0.25, 0.3) is 11.1 Å². The SMILES string of the molecule is CCCCc1ccc(-c2ccc(C(=O)NC(CCCCN)C(=O)N[C@@H](C)C(=O)NC(CC(C)C)C(=O)N[C@@H](C)B(O)O)cc2)cc1. The second-order valence-electron chi connectivity index (χ2n) is 12.3. The van der Waals surface area contributed by atoms with Gasteiger partial charge in [-0.3, -0.25) is 19.2 Å². The van der Waals surface area contributed by atoms with Gasteiger partial charge in [-0.05, 0) is 93.7 Å². The van der Waals surface area contributed by atoms with Gasteiger partial charge >= 0.3 is 7.12 Å². The fourth-order valence-corrected chi connectivity index (χ4v) is 4.84. The third-order valence-corrected chi connectivity index (χ3v) is 7.73. The summed E-state index contributed by atoms with van der Waals surface area (Å²) in [6.45, 7) is 9.30. The molecule has 11 nitrogen and oxygen atoms in total. The molecule has 0 bridgehead atoms. The summed E-state index contributed by atoms with van der Waals surface area (Å²) < 4.78 is 0. The van der Waals surface area contributed by atoms with Gasteiger partial charge in [-0.15, -0.1) is 0 Å². The van der Waals surface area contributed by atoms with Crippen molar-refractivity contribution in [3.8, 4) is 11.1 Å². The van der Waals surface area contributed by atoms with Gasteiger partial charge in [-0.2, -0.15) is 0 Å². The van der Waals surface area contributed by atoms with E-state index in [2.05, 4.69) is 52.5 Å². The van der Waals surface area contributed by atoms with Crippen molar-refractivity contribution in [2.24, 2.45) is 11.7 Å². The van der Waals surface area contributed by atoms with Gasteiger partial charge in [0.2, 0.25) is 17.7 Å². The minimum Gasteiger partial charge on any atom is -0.426 e. The number of nitrogens with one attached hydrogen (secondary N) is 4. The summed E-state index contributed by atoms with van der Waals surface area (Å²) >= 11 is 0. The van der Waals surface area contributed by atoms with Gasteiger partial charge in [-0.25, -0.2) is 0 Å².